The van der Waals surface area contributed by atoms with E-state index in [2.05, 4.69) is 31.7 Å². The van der Waals surface area contributed by atoms with E-state index in [9.17, 15) is 4.79 Å². The fraction of sp³-hybridized carbons (Fsp3) is 0.0714. The zero-order chi connectivity index (χ0) is 14.4. The van der Waals surface area contributed by atoms with E-state index in [1.165, 1.54) is 11.6 Å². The van der Waals surface area contributed by atoms with Crippen LogP contribution in [0, 0.1) is 0 Å². The van der Waals surface area contributed by atoms with Crippen molar-refractivity contribution in [2.45, 2.75) is 0 Å². The maximum atomic E-state index is 11.4. The second-order valence-corrected chi connectivity index (χ2v) is 4.93. The summed E-state index contributed by atoms with van der Waals surface area (Å²) in [5.74, 6) is 0.438. The van der Waals surface area contributed by atoms with Crippen molar-refractivity contribution >= 4 is 33.4 Å². The summed E-state index contributed by atoms with van der Waals surface area (Å²) < 4.78 is 2.02. The van der Waals surface area contributed by atoms with Crippen molar-refractivity contribution in [2.75, 3.05) is 5.32 Å². The normalized spacial score (nSPS) is 11.3. The molecular formula is C14H12N6O. The van der Waals surface area contributed by atoms with Crippen LogP contribution in [-0.2, 0) is 7.05 Å². The minimum atomic E-state index is -0.220. The van der Waals surface area contributed by atoms with E-state index in [1.54, 1.807) is 0 Å². The Bertz CT molecular complexity index is 1010. The van der Waals surface area contributed by atoms with Crippen molar-refractivity contribution in [1.29, 1.82) is 0 Å². The number of aryl methyl sites for hydroxylation is 1. The summed E-state index contributed by atoms with van der Waals surface area (Å²) in [7, 11) is 1.99. The molecule has 0 atom stereocenters. The van der Waals surface area contributed by atoms with Gasteiger partial charge in [-0.3, -0.25) is 15.0 Å². The van der Waals surface area contributed by atoms with Gasteiger partial charge in [0.15, 0.2) is 5.65 Å². The Hall–Kier alpha value is -3.09. The Balaban J connectivity index is 1.72. The number of rotatable bonds is 2. The summed E-state index contributed by atoms with van der Waals surface area (Å²) in [6.07, 6.45) is 5.61. The lowest BCUT2D eigenvalue weighted by molar-refractivity contribution is 0.933. The van der Waals surface area contributed by atoms with Gasteiger partial charge in [-0.25, -0.2) is 4.98 Å². The van der Waals surface area contributed by atoms with Crippen molar-refractivity contribution in [3.05, 3.63) is 47.1 Å². The number of fused-ring (bicyclic) bond motifs is 2. The lowest BCUT2D eigenvalue weighted by Gasteiger charge is -2.04. The topological polar surface area (TPSA) is 91.4 Å². The zero-order valence-corrected chi connectivity index (χ0v) is 11.2. The van der Waals surface area contributed by atoms with Crippen LogP contribution in [0.3, 0.4) is 0 Å². The van der Waals surface area contributed by atoms with Gasteiger partial charge in [-0.1, -0.05) is 6.07 Å². The van der Waals surface area contributed by atoms with E-state index in [0.717, 1.165) is 11.1 Å². The predicted octanol–water partition coefficient (Wildman–Crippen LogP) is 1.88. The molecule has 0 spiro atoms. The number of nitrogens with one attached hydrogen (secondary N) is 3. The fourth-order valence-corrected chi connectivity index (χ4v) is 2.37. The van der Waals surface area contributed by atoms with Gasteiger partial charge in [0.2, 0.25) is 5.95 Å². The van der Waals surface area contributed by atoms with Crippen LogP contribution in [0.2, 0.25) is 0 Å². The molecule has 0 unspecified atom stereocenters. The molecule has 3 aromatic heterocycles. The van der Waals surface area contributed by atoms with Crippen molar-refractivity contribution in [2.24, 2.45) is 7.05 Å². The van der Waals surface area contributed by atoms with Gasteiger partial charge < -0.3 is 9.88 Å². The van der Waals surface area contributed by atoms with E-state index in [0.29, 0.717) is 17.0 Å². The molecule has 0 aliphatic heterocycles. The van der Waals surface area contributed by atoms with E-state index >= 15 is 0 Å². The third-order valence-corrected chi connectivity index (χ3v) is 3.36. The van der Waals surface area contributed by atoms with Gasteiger partial charge in [-0.2, -0.15) is 4.98 Å². The molecule has 0 aliphatic rings. The highest BCUT2D eigenvalue weighted by Crippen LogP contribution is 2.21. The van der Waals surface area contributed by atoms with Crippen molar-refractivity contribution in [1.82, 2.24) is 24.7 Å². The monoisotopic (exact) mass is 280 g/mol. The highest BCUT2D eigenvalue weighted by atomic mass is 16.1. The Kier molecular flexibility index (Phi) is 2.34. The smallest absolute Gasteiger partial charge is 0.275 e. The second-order valence-electron chi connectivity index (χ2n) is 4.93. The van der Waals surface area contributed by atoms with E-state index in [-0.39, 0.29) is 5.56 Å². The van der Waals surface area contributed by atoms with Crippen LogP contribution in [0.15, 0.2) is 41.6 Å². The van der Waals surface area contributed by atoms with Gasteiger partial charge in [-0.05, 0) is 17.5 Å². The third kappa shape index (κ3) is 1.95. The molecule has 7 heteroatoms. The quantitative estimate of drug-likeness (QED) is 0.523. The van der Waals surface area contributed by atoms with Crippen molar-refractivity contribution < 1.29 is 0 Å². The van der Waals surface area contributed by atoms with Gasteiger partial charge in [0.25, 0.3) is 5.56 Å². The molecule has 104 valence electrons. The lowest BCUT2D eigenvalue weighted by atomic mass is 10.2. The molecule has 0 fully saturated rings. The first-order valence-corrected chi connectivity index (χ1v) is 6.45. The Morgan fingerprint density at radius 3 is 2.95 bits per heavy atom. The summed E-state index contributed by atoms with van der Waals surface area (Å²) in [5.41, 5.74) is 1.16. The first-order chi connectivity index (χ1) is 10.2. The molecule has 21 heavy (non-hydrogen) atoms. The van der Waals surface area contributed by atoms with Crippen LogP contribution in [0.4, 0.5) is 11.6 Å². The molecule has 0 amide bonds. The average molecular weight is 280 g/mol. The van der Waals surface area contributed by atoms with E-state index in [4.69, 9.17) is 0 Å². The number of aromatic nitrogens is 5. The Labute approximate surface area is 118 Å². The molecule has 0 radical (unpaired) electrons. The number of hydrogen-bond acceptors (Lipinski definition) is 4. The number of benzene rings is 1. The van der Waals surface area contributed by atoms with E-state index < -0.39 is 0 Å². The minimum absolute atomic E-state index is 0.220. The van der Waals surface area contributed by atoms with Gasteiger partial charge >= 0.3 is 0 Å². The van der Waals surface area contributed by atoms with Crippen LogP contribution in [-0.4, -0.2) is 24.7 Å². The first-order valence-electron chi connectivity index (χ1n) is 6.45. The van der Waals surface area contributed by atoms with Gasteiger partial charge in [0.1, 0.15) is 5.39 Å². The highest BCUT2D eigenvalue weighted by Gasteiger charge is 2.05. The van der Waals surface area contributed by atoms with Crippen LogP contribution >= 0.6 is 0 Å². The maximum absolute atomic E-state index is 11.4. The molecule has 4 aromatic rings. The molecule has 4 rings (SSSR count). The number of anilines is 2. The van der Waals surface area contributed by atoms with Gasteiger partial charge in [-0.15, -0.1) is 0 Å². The summed E-state index contributed by atoms with van der Waals surface area (Å²) in [4.78, 5) is 19.8. The molecule has 0 saturated carbocycles. The second kappa shape index (κ2) is 4.20. The number of nitrogens with zero attached hydrogens (tertiary/aromatic N) is 3. The largest absolute Gasteiger partial charge is 0.356 e. The Morgan fingerprint density at radius 1 is 1.19 bits per heavy atom. The Morgan fingerprint density at radius 2 is 2.05 bits per heavy atom. The first kappa shape index (κ1) is 11.7. The molecule has 1 aromatic carbocycles. The van der Waals surface area contributed by atoms with Crippen LogP contribution < -0.4 is 10.9 Å². The lowest BCUT2D eigenvalue weighted by Crippen LogP contribution is -2.00. The van der Waals surface area contributed by atoms with Gasteiger partial charge in [0, 0.05) is 36.7 Å². The zero-order valence-electron chi connectivity index (χ0n) is 11.2. The van der Waals surface area contributed by atoms with Gasteiger partial charge in [0.05, 0.1) is 0 Å². The van der Waals surface area contributed by atoms with Crippen LogP contribution in [0.1, 0.15) is 0 Å². The minimum Gasteiger partial charge on any atom is -0.356 e. The molecular weight excluding hydrogens is 268 g/mol. The molecule has 3 heterocycles. The van der Waals surface area contributed by atoms with Crippen molar-refractivity contribution in [3.8, 4) is 0 Å². The number of aromatic amines is 2. The molecule has 0 bridgehead atoms. The summed E-state index contributed by atoms with van der Waals surface area (Å²) in [6.45, 7) is 0. The standard InChI is InChI=1S/C14H12N6O/c1-20-6-8-2-3-10(4-9(8)7-20)16-14-15-5-11-12(17-14)18-19-13(11)21/h2-7H,1H3,(H3,15,16,17,18,19,21). The maximum Gasteiger partial charge on any atom is 0.275 e. The SMILES string of the molecule is Cn1cc2ccc(Nc3ncc4c(=O)[nH][nH]c4n3)cc2c1. The van der Waals surface area contributed by atoms with Crippen LogP contribution in [0.5, 0.6) is 0 Å². The van der Waals surface area contributed by atoms with E-state index in [1.807, 2.05) is 36.0 Å². The summed E-state index contributed by atoms with van der Waals surface area (Å²) >= 11 is 0. The highest BCUT2D eigenvalue weighted by molar-refractivity contribution is 5.86. The number of H-pyrrole nitrogens is 2. The fourth-order valence-electron chi connectivity index (χ4n) is 2.37. The summed E-state index contributed by atoms with van der Waals surface area (Å²) in [6, 6.07) is 6.03. The average Bonchev–Trinajstić information content (AvgIpc) is 3.01. The molecule has 3 N–H and O–H groups in total. The number of hydrogen-bond donors (Lipinski definition) is 3. The molecule has 0 saturated heterocycles. The molecule has 0 aliphatic carbocycles. The van der Waals surface area contributed by atoms with Crippen LogP contribution in [0.25, 0.3) is 21.8 Å². The predicted molar refractivity (Wildman–Crippen MR) is 80.7 cm³/mol. The molecule has 7 nitrogen and oxygen atoms in total. The van der Waals surface area contributed by atoms with Crippen molar-refractivity contribution in [3.63, 3.8) is 0 Å². The summed E-state index contributed by atoms with van der Waals surface area (Å²) in [5, 5.41) is 11.1. The third-order valence-electron chi connectivity index (χ3n) is 3.36.